The number of aromatic nitrogens is 3. The van der Waals surface area contributed by atoms with Crippen molar-refractivity contribution in [1.29, 1.82) is 0 Å². The Kier molecular flexibility index (Phi) is 5.47. The minimum absolute atomic E-state index is 0.182. The number of hydrogen-bond donors (Lipinski definition) is 0. The molecule has 32 heavy (non-hydrogen) atoms. The summed E-state index contributed by atoms with van der Waals surface area (Å²) in [5, 5.41) is 8.89. The third-order valence-corrected chi connectivity index (χ3v) is 6.37. The Morgan fingerprint density at radius 3 is 2.56 bits per heavy atom. The summed E-state index contributed by atoms with van der Waals surface area (Å²) < 4.78 is 8.12. The molecule has 5 rings (SSSR count). The second-order valence-corrected chi connectivity index (χ2v) is 8.77. The fraction of sp³-hybridized carbons (Fsp3) is 0.0800. The van der Waals surface area contributed by atoms with E-state index in [1.165, 1.54) is 21.3 Å². The number of para-hydroxylation sites is 1. The molecule has 0 aliphatic carbocycles. The number of halogens is 1. The lowest BCUT2D eigenvalue weighted by molar-refractivity contribution is 0.305. The molecular weight excluding hydrogens is 442 g/mol. The molecular formula is C25H18ClN3O2S. The second kappa shape index (κ2) is 8.57. The van der Waals surface area contributed by atoms with E-state index in [2.05, 4.69) is 41.4 Å². The summed E-state index contributed by atoms with van der Waals surface area (Å²) in [6.45, 7) is 2.50. The van der Waals surface area contributed by atoms with Crippen LogP contribution in [-0.2, 0) is 6.61 Å². The van der Waals surface area contributed by atoms with E-state index in [1.54, 1.807) is 6.07 Å². The smallest absolute Gasteiger partial charge is 0.276 e. The number of aryl methyl sites for hydroxylation is 1. The predicted octanol–water partition coefficient (Wildman–Crippen LogP) is 4.91. The van der Waals surface area contributed by atoms with Gasteiger partial charge < -0.3 is 4.74 Å². The molecule has 0 aliphatic heterocycles. The number of hydrogen-bond acceptors (Lipinski definition) is 5. The first-order valence-corrected chi connectivity index (χ1v) is 11.2. The third-order valence-electron chi connectivity index (χ3n) is 5.08. The van der Waals surface area contributed by atoms with Crippen LogP contribution in [0.25, 0.3) is 22.4 Å². The molecule has 5 aromatic rings. The van der Waals surface area contributed by atoms with Gasteiger partial charge in [-0.05, 0) is 36.8 Å². The summed E-state index contributed by atoms with van der Waals surface area (Å²) in [5.74, 6) is 1.15. The van der Waals surface area contributed by atoms with Crippen molar-refractivity contribution in [3.05, 3.63) is 109 Å². The highest BCUT2D eigenvalue weighted by molar-refractivity contribution is 7.15. The van der Waals surface area contributed by atoms with Crippen LogP contribution < -0.4 is 14.8 Å². The van der Waals surface area contributed by atoms with Crippen molar-refractivity contribution in [1.82, 2.24) is 14.6 Å². The maximum Gasteiger partial charge on any atom is 0.276 e. The van der Waals surface area contributed by atoms with E-state index in [1.807, 2.05) is 48.5 Å². The maximum atomic E-state index is 13.2. The predicted molar refractivity (Wildman–Crippen MR) is 128 cm³/mol. The molecule has 0 unspecified atom stereocenters. The Labute approximate surface area is 193 Å². The summed E-state index contributed by atoms with van der Waals surface area (Å²) >= 11 is 7.60. The van der Waals surface area contributed by atoms with Crippen molar-refractivity contribution in [2.75, 3.05) is 0 Å². The zero-order valence-electron chi connectivity index (χ0n) is 17.2. The number of fused-ring (bicyclic) bond motifs is 1. The number of nitrogens with zero attached hydrogens (tertiary/aromatic N) is 3. The summed E-state index contributed by atoms with van der Waals surface area (Å²) in [5.41, 5.74) is 3.61. The molecule has 0 N–H and O–H groups in total. The fourth-order valence-corrected chi connectivity index (χ4v) is 4.52. The molecule has 0 atom stereocenters. The summed E-state index contributed by atoms with van der Waals surface area (Å²) in [6.07, 6.45) is 1.84. The zero-order chi connectivity index (χ0) is 22.1. The van der Waals surface area contributed by atoms with Gasteiger partial charge in [0.05, 0.1) is 9.55 Å². The first-order chi connectivity index (χ1) is 15.6. The molecule has 0 bridgehead atoms. The molecule has 0 spiro atoms. The van der Waals surface area contributed by atoms with Crippen molar-refractivity contribution >= 4 is 34.0 Å². The molecule has 5 nitrogen and oxygen atoms in total. The number of rotatable bonds is 5. The molecule has 0 aliphatic rings. The minimum atomic E-state index is -0.182. The Balaban J connectivity index is 1.53. The van der Waals surface area contributed by atoms with Crippen molar-refractivity contribution < 1.29 is 4.74 Å². The van der Waals surface area contributed by atoms with Crippen molar-refractivity contribution in [3.63, 3.8) is 0 Å². The molecule has 2 aromatic heterocycles. The summed E-state index contributed by atoms with van der Waals surface area (Å²) in [7, 11) is 0. The topological polar surface area (TPSA) is 56.5 Å². The Morgan fingerprint density at radius 2 is 1.75 bits per heavy atom. The van der Waals surface area contributed by atoms with Gasteiger partial charge in [-0.25, -0.2) is 4.40 Å². The zero-order valence-corrected chi connectivity index (χ0v) is 18.7. The monoisotopic (exact) mass is 459 g/mol. The number of benzene rings is 3. The van der Waals surface area contributed by atoms with Gasteiger partial charge in [-0.15, -0.1) is 10.2 Å². The van der Waals surface area contributed by atoms with Crippen molar-refractivity contribution in [3.8, 4) is 17.1 Å². The normalized spacial score (nSPS) is 11.9. The highest BCUT2D eigenvalue weighted by Gasteiger charge is 2.16. The Hall–Kier alpha value is -3.48. The Bertz CT molecular complexity index is 1520. The highest BCUT2D eigenvalue weighted by Crippen LogP contribution is 2.26. The fourth-order valence-electron chi connectivity index (χ4n) is 3.40. The molecule has 0 saturated carbocycles. The molecule has 0 saturated heterocycles. The lowest BCUT2D eigenvalue weighted by Crippen LogP contribution is -2.23. The van der Waals surface area contributed by atoms with Gasteiger partial charge in [0.2, 0.25) is 4.96 Å². The van der Waals surface area contributed by atoms with Crippen LogP contribution in [0.3, 0.4) is 0 Å². The molecule has 2 heterocycles. The van der Waals surface area contributed by atoms with Gasteiger partial charge in [0, 0.05) is 11.1 Å². The first-order valence-electron chi connectivity index (χ1n) is 10.0. The van der Waals surface area contributed by atoms with Gasteiger partial charge in [-0.1, -0.05) is 83.1 Å². The van der Waals surface area contributed by atoms with Crippen LogP contribution in [0.2, 0.25) is 5.02 Å². The van der Waals surface area contributed by atoms with E-state index in [0.717, 1.165) is 11.1 Å². The number of thiazole rings is 1. The number of ether oxygens (including phenoxy) is 1. The average molecular weight is 460 g/mol. The highest BCUT2D eigenvalue weighted by atomic mass is 35.5. The van der Waals surface area contributed by atoms with Crippen LogP contribution in [0.5, 0.6) is 5.75 Å². The molecule has 7 heteroatoms. The summed E-state index contributed by atoms with van der Waals surface area (Å²) in [4.78, 5) is 13.7. The van der Waals surface area contributed by atoms with Gasteiger partial charge in [-0.2, -0.15) is 0 Å². The van der Waals surface area contributed by atoms with Gasteiger partial charge in [0.15, 0.2) is 5.82 Å². The van der Waals surface area contributed by atoms with Crippen molar-refractivity contribution in [2.45, 2.75) is 13.5 Å². The molecule has 0 fully saturated rings. The van der Waals surface area contributed by atoms with Gasteiger partial charge >= 0.3 is 0 Å². The average Bonchev–Trinajstić information content (AvgIpc) is 3.35. The van der Waals surface area contributed by atoms with Crippen molar-refractivity contribution in [2.24, 2.45) is 0 Å². The van der Waals surface area contributed by atoms with E-state index >= 15 is 0 Å². The van der Waals surface area contributed by atoms with E-state index in [4.69, 9.17) is 16.3 Å². The molecule has 3 aromatic carbocycles. The first kappa shape index (κ1) is 20.4. The lowest BCUT2D eigenvalue weighted by Gasteiger charge is -2.09. The van der Waals surface area contributed by atoms with Crippen LogP contribution in [0.4, 0.5) is 0 Å². The van der Waals surface area contributed by atoms with E-state index < -0.39 is 0 Å². The van der Waals surface area contributed by atoms with E-state index in [9.17, 15) is 4.79 Å². The second-order valence-electron chi connectivity index (χ2n) is 7.35. The van der Waals surface area contributed by atoms with E-state index in [-0.39, 0.29) is 5.56 Å². The SMILES string of the molecule is Cc1ccc(COc2ccccc2/C=c2/sc3nnc(-c4ccccc4Cl)n3c2=O)cc1. The molecule has 0 amide bonds. The van der Waals surface area contributed by atoms with Crippen LogP contribution in [-0.4, -0.2) is 14.6 Å². The van der Waals surface area contributed by atoms with Crippen LogP contribution in [0, 0.1) is 6.92 Å². The molecule has 0 radical (unpaired) electrons. The van der Waals surface area contributed by atoms with Gasteiger partial charge in [0.1, 0.15) is 12.4 Å². The van der Waals surface area contributed by atoms with Crippen LogP contribution in [0.15, 0.2) is 77.6 Å². The standard InChI is InChI=1S/C25H18ClN3O2S/c1-16-10-12-17(13-11-16)15-31-21-9-5-2-6-18(21)14-22-24(30)29-23(27-28-25(29)32-22)19-7-3-4-8-20(19)26/h2-14H,15H2,1H3/b22-14+. The maximum absolute atomic E-state index is 13.2. The summed E-state index contributed by atoms with van der Waals surface area (Å²) in [6, 6.07) is 23.2. The van der Waals surface area contributed by atoms with E-state index in [0.29, 0.717) is 38.3 Å². The Morgan fingerprint density at radius 1 is 1.00 bits per heavy atom. The van der Waals surface area contributed by atoms with Crippen LogP contribution >= 0.6 is 22.9 Å². The lowest BCUT2D eigenvalue weighted by atomic mass is 10.1. The largest absolute Gasteiger partial charge is 0.488 e. The third kappa shape index (κ3) is 3.90. The quantitative estimate of drug-likeness (QED) is 0.375. The van der Waals surface area contributed by atoms with Crippen LogP contribution in [0.1, 0.15) is 16.7 Å². The van der Waals surface area contributed by atoms with Gasteiger partial charge in [-0.3, -0.25) is 4.79 Å². The van der Waals surface area contributed by atoms with Gasteiger partial charge in [0.25, 0.3) is 5.56 Å². The minimum Gasteiger partial charge on any atom is -0.488 e. The molecule has 158 valence electrons.